The maximum atomic E-state index is 13.6. The number of guanidine groups is 1. The van der Waals surface area contributed by atoms with E-state index in [4.69, 9.17) is 9.47 Å². The zero-order chi connectivity index (χ0) is 22.9. The van der Waals surface area contributed by atoms with Crippen molar-refractivity contribution >= 4 is 11.6 Å². The summed E-state index contributed by atoms with van der Waals surface area (Å²) in [5, 5.41) is 17.4. The number of rotatable bonds is 8. The molecule has 1 fully saturated rings. The van der Waals surface area contributed by atoms with Gasteiger partial charge in [-0.25, -0.2) is 4.39 Å². The lowest BCUT2D eigenvalue weighted by molar-refractivity contribution is 0.186. The highest BCUT2D eigenvalue weighted by Gasteiger charge is 2.21. The average Bonchev–Trinajstić information content (AvgIpc) is 2.82. The summed E-state index contributed by atoms with van der Waals surface area (Å²) in [5.41, 5.74) is 1.60. The second-order valence-electron chi connectivity index (χ2n) is 7.76. The third kappa shape index (κ3) is 6.26. The minimum atomic E-state index is -0.777. The van der Waals surface area contributed by atoms with Gasteiger partial charge in [0.1, 0.15) is 5.82 Å². The summed E-state index contributed by atoms with van der Waals surface area (Å²) in [6, 6.07) is 12.2. The molecule has 0 amide bonds. The number of aliphatic hydroxyl groups excluding tert-OH is 1. The fourth-order valence-corrected chi connectivity index (χ4v) is 3.86. The van der Waals surface area contributed by atoms with Gasteiger partial charge in [-0.1, -0.05) is 12.1 Å². The molecule has 3 rings (SSSR count). The first-order valence-corrected chi connectivity index (χ1v) is 11.0. The minimum Gasteiger partial charge on any atom is -0.493 e. The van der Waals surface area contributed by atoms with E-state index in [9.17, 15) is 9.50 Å². The van der Waals surface area contributed by atoms with Crippen LogP contribution in [-0.2, 0) is 0 Å². The molecule has 0 bridgehead atoms. The highest BCUT2D eigenvalue weighted by Crippen LogP contribution is 2.30. The molecule has 2 unspecified atom stereocenters. The van der Waals surface area contributed by atoms with Crippen LogP contribution in [-0.4, -0.2) is 57.5 Å². The molecule has 174 valence electrons. The Morgan fingerprint density at radius 2 is 2.03 bits per heavy atom. The first-order valence-electron chi connectivity index (χ1n) is 11.0. The van der Waals surface area contributed by atoms with Gasteiger partial charge >= 0.3 is 0 Å². The van der Waals surface area contributed by atoms with Gasteiger partial charge in [-0.15, -0.1) is 0 Å². The smallest absolute Gasteiger partial charge is 0.191 e. The topological polar surface area (TPSA) is 78.4 Å². The lowest BCUT2D eigenvalue weighted by atomic mass is 10.0. The summed E-state index contributed by atoms with van der Waals surface area (Å²) in [5.74, 6) is 1.61. The molecule has 0 spiro atoms. The lowest BCUT2D eigenvalue weighted by Crippen LogP contribution is -2.51. The number of aliphatic imine (C=N–C) groups is 1. The van der Waals surface area contributed by atoms with Crippen molar-refractivity contribution in [3.05, 3.63) is 53.8 Å². The molecule has 3 N–H and O–H groups in total. The van der Waals surface area contributed by atoms with E-state index in [1.54, 1.807) is 44.6 Å². The number of aliphatic hydroxyl groups is 1. The molecule has 1 aliphatic heterocycles. The van der Waals surface area contributed by atoms with Crippen molar-refractivity contribution in [2.75, 3.05) is 45.3 Å². The molecule has 0 saturated carbocycles. The summed E-state index contributed by atoms with van der Waals surface area (Å²) in [7, 11) is 3.14. The second kappa shape index (κ2) is 11.6. The van der Waals surface area contributed by atoms with Crippen LogP contribution in [0.25, 0.3) is 0 Å². The molecule has 2 aromatic rings. The Bertz CT molecular complexity index is 909. The quantitative estimate of drug-likeness (QED) is 0.429. The fourth-order valence-electron chi connectivity index (χ4n) is 3.86. The zero-order valence-electron chi connectivity index (χ0n) is 19.0. The number of piperidine rings is 1. The Labute approximate surface area is 189 Å². The standard InChI is InChI=1S/C24H33FN4O3/c1-4-26-24(27-15-21(30)17-10-11-22(31-2)23(13-17)32-3)28-19-8-6-12-29(16-19)20-9-5-7-18(25)14-20/h5,7,9-11,13-14,19,21,30H,4,6,8,12,15-16H2,1-3H3,(H2,26,27,28). The number of anilines is 1. The molecule has 2 atom stereocenters. The molecule has 0 aliphatic carbocycles. The Morgan fingerprint density at radius 1 is 1.22 bits per heavy atom. The molecule has 2 aromatic carbocycles. The second-order valence-corrected chi connectivity index (χ2v) is 7.76. The van der Waals surface area contributed by atoms with Crippen molar-refractivity contribution in [3.63, 3.8) is 0 Å². The highest BCUT2D eigenvalue weighted by atomic mass is 19.1. The van der Waals surface area contributed by atoms with E-state index < -0.39 is 6.10 Å². The molecule has 1 aliphatic rings. The van der Waals surface area contributed by atoms with Gasteiger partial charge in [0.15, 0.2) is 17.5 Å². The van der Waals surface area contributed by atoms with E-state index in [-0.39, 0.29) is 18.4 Å². The number of halogens is 1. The lowest BCUT2D eigenvalue weighted by Gasteiger charge is -2.35. The summed E-state index contributed by atoms with van der Waals surface area (Å²) < 4.78 is 24.2. The SMILES string of the molecule is CCNC(=NCC(O)c1ccc(OC)c(OC)c1)NC1CCCN(c2cccc(F)c2)C1. The third-order valence-corrected chi connectivity index (χ3v) is 5.49. The van der Waals surface area contributed by atoms with E-state index in [0.29, 0.717) is 29.6 Å². The largest absolute Gasteiger partial charge is 0.493 e. The van der Waals surface area contributed by atoms with Crippen LogP contribution in [0.1, 0.15) is 31.4 Å². The number of benzene rings is 2. The van der Waals surface area contributed by atoms with Crippen molar-refractivity contribution in [2.45, 2.75) is 31.9 Å². The molecular weight excluding hydrogens is 411 g/mol. The van der Waals surface area contributed by atoms with Crippen LogP contribution in [0.2, 0.25) is 0 Å². The molecule has 0 aromatic heterocycles. The van der Waals surface area contributed by atoms with Crippen molar-refractivity contribution in [3.8, 4) is 11.5 Å². The minimum absolute atomic E-state index is 0.169. The van der Waals surface area contributed by atoms with Gasteiger partial charge in [-0.3, -0.25) is 4.99 Å². The molecule has 1 saturated heterocycles. The summed E-state index contributed by atoms with van der Waals surface area (Å²) in [4.78, 5) is 6.77. The third-order valence-electron chi connectivity index (χ3n) is 5.49. The van der Waals surface area contributed by atoms with Crippen LogP contribution in [0.3, 0.4) is 0 Å². The van der Waals surface area contributed by atoms with E-state index in [0.717, 1.165) is 31.6 Å². The van der Waals surface area contributed by atoms with Crippen molar-refractivity contribution in [1.82, 2.24) is 10.6 Å². The first kappa shape index (κ1) is 23.7. The van der Waals surface area contributed by atoms with Gasteiger partial charge in [-0.05, 0) is 55.7 Å². The Morgan fingerprint density at radius 3 is 2.75 bits per heavy atom. The van der Waals surface area contributed by atoms with Crippen molar-refractivity contribution in [1.29, 1.82) is 0 Å². The van der Waals surface area contributed by atoms with Crippen molar-refractivity contribution in [2.24, 2.45) is 4.99 Å². The Balaban J connectivity index is 1.64. The number of nitrogens with zero attached hydrogens (tertiary/aromatic N) is 2. The summed E-state index contributed by atoms with van der Waals surface area (Å²) in [6.45, 7) is 4.56. The van der Waals surface area contributed by atoms with Gasteiger partial charge in [-0.2, -0.15) is 0 Å². The van der Waals surface area contributed by atoms with Crippen LogP contribution in [0.4, 0.5) is 10.1 Å². The normalized spacial score (nSPS) is 17.6. The first-order chi connectivity index (χ1) is 15.5. The van der Waals surface area contributed by atoms with Crippen molar-refractivity contribution < 1.29 is 19.0 Å². The highest BCUT2D eigenvalue weighted by molar-refractivity contribution is 5.80. The molecule has 7 nitrogen and oxygen atoms in total. The van der Waals surface area contributed by atoms with Crippen LogP contribution < -0.4 is 25.0 Å². The number of nitrogens with one attached hydrogen (secondary N) is 2. The number of ether oxygens (including phenoxy) is 2. The number of hydrogen-bond donors (Lipinski definition) is 3. The average molecular weight is 445 g/mol. The predicted octanol–water partition coefficient (Wildman–Crippen LogP) is 3.10. The van der Waals surface area contributed by atoms with Crippen LogP contribution in [0.15, 0.2) is 47.5 Å². The van der Waals surface area contributed by atoms with E-state index in [1.807, 2.05) is 13.0 Å². The molecule has 8 heteroatoms. The van der Waals surface area contributed by atoms with Gasteiger partial charge < -0.3 is 30.1 Å². The van der Waals surface area contributed by atoms with E-state index in [1.165, 1.54) is 6.07 Å². The fraction of sp³-hybridized carbons (Fsp3) is 0.458. The van der Waals surface area contributed by atoms with E-state index in [2.05, 4.69) is 20.5 Å². The molecule has 0 radical (unpaired) electrons. The monoisotopic (exact) mass is 444 g/mol. The van der Waals surface area contributed by atoms with Gasteiger partial charge in [0.2, 0.25) is 0 Å². The molecular formula is C24H33FN4O3. The van der Waals surface area contributed by atoms with Crippen LogP contribution >= 0.6 is 0 Å². The van der Waals surface area contributed by atoms with Crippen LogP contribution in [0.5, 0.6) is 11.5 Å². The Hall–Kier alpha value is -3.00. The van der Waals surface area contributed by atoms with Gasteiger partial charge in [0.25, 0.3) is 0 Å². The number of methoxy groups -OCH3 is 2. The van der Waals surface area contributed by atoms with Gasteiger partial charge in [0.05, 0.1) is 26.9 Å². The summed E-state index contributed by atoms with van der Waals surface area (Å²) >= 11 is 0. The molecule has 32 heavy (non-hydrogen) atoms. The maximum Gasteiger partial charge on any atom is 0.191 e. The van der Waals surface area contributed by atoms with Crippen LogP contribution in [0, 0.1) is 5.82 Å². The Kier molecular flexibility index (Phi) is 8.56. The summed E-state index contributed by atoms with van der Waals surface area (Å²) in [6.07, 6.45) is 1.22. The maximum absolute atomic E-state index is 13.6. The number of hydrogen-bond acceptors (Lipinski definition) is 5. The zero-order valence-corrected chi connectivity index (χ0v) is 19.0. The molecule has 1 heterocycles. The van der Waals surface area contributed by atoms with Gasteiger partial charge in [0, 0.05) is 31.4 Å². The predicted molar refractivity (Wildman–Crippen MR) is 125 cm³/mol. The van der Waals surface area contributed by atoms with E-state index >= 15 is 0 Å².